The number of anilines is 2. The maximum absolute atomic E-state index is 14.6. The van der Waals surface area contributed by atoms with E-state index in [1.807, 2.05) is 30.3 Å². The van der Waals surface area contributed by atoms with Crippen molar-refractivity contribution in [3.63, 3.8) is 0 Å². The molecule has 0 aliphatic carbocycles. The molecule has 1 amide bonds. The maximum atomic E-state index is 14.6. The normalized spacial score (nSPS) is 10.7. The average Bonchev–Trinajstić information content (AvgIpc) is 3.24. The Bertz CT molecular complexity index is 1410. The van der Waals surface area contributed by atoms with Crippen LogP contribution in [-0.2, 0) is 11.3 Å². The van der Waals surface area contributed by atoms with Gasteiger partial charge in [0.1, 0.15) is 23.7 Å². The second kappa shape index (κ2) is 9.45. The molecule has 170 valence electrons. The van der Waals surface area contributed by atoms with Crippen LogP contribution in [0.25, 0.3) is 22.3 Å². The zero-order chi connectivity index (χ0) is 24.2. The lowest BCUT2D eigenvalue weighted by Crippen LogP contribution is -2.32. The van der Waals surface area contributed by atoms with Gasteiger partial charge < -0.3 is 10.6 Å². The van der Waals surface area contributed by atoms with Crippen molar-refractivity contribution in [3.8, 4) is 11.3 Å². The molecule has 2 aromatic carbocycles. The minimum atomic E-state index is -0.702. The molecule has 4 aromatic rings. The number of benzene rings is 2. The van der Waals surface area contributed by atoms with Crippen LogP contribution in [-0.4, -0.2) is 38.0 Å². The van der Waals surface area contributed by atoms with Crippen molar-refractivity contribution in [2.45, 2.75) is 6.54 Å². The van der Waals surface area contributed by atoms with E-state index in [9.17, 15) is 14.0 Å². The van der Waals surface area contributed by atoms with Gasteiger partial charge in [0.2, 0.25) is 5.91 Å². The quantitative estimate of drug-likeness (QED) is 0.319. The molecule has 2 heterocycles. The number of hydrogen-bond donors (Lipinski definition) is 1. The van der Waals surface area contributed by atoms with E-state index in [1.165, 1.54) is 24.5 Å². The summed E-state index contributed by atoms with van der Waals surface area (Å²) in [4.78, 5) is 34.3. The van der Waals surface area contributed by atoms with E-state index in [2.05, 4.69) is 28.2 Å². The number of rotatable bonds is 8. The third-order valence-corrected chi connectivity index (χ3v) is 5.30. The van der Waals surface area contributed by atoms with E-state index in [0.29, 0.717) is 28.0 Å². The van der Waals surface area contributed by atoms with Crippen LogP contribution < -0.4 is 10.6 Å². The summed E-state index contributed by atoms with van der Waals surface area (Å²) >= 11 is 0. The zero-order valence-electron chi connectivity index (χ0n) is 18.2. The number of nitrogens with two attached hydrogens (primary N) is 1. The predicted molar refractivity (Wildman–Crippen MR) is 129 cm³/mol. The molecule has 0 fully saturated rings. The summed E-state index contributed by atoms with van der Waals surface area (Å²) in [5.41, 5.74) is 7.95. The Balaban J connectivity index is 1.74. The summed E-state index contributed by atoms with van der Waals surface area (Å²) in [6.07, 6.45) is 3.61. The van der Waals surface area contributed by atoms with Gasteiger partial charge in [0, 0.05) is 17.8 Å². The first-order valence-electron chi connectivity index (χ1n) is 10.4. The highest BCUT2D eigenvalue weighted by atomic mass is 19.1. The fourth-order valence-corrected chi connectivity index (χ4v) is 3.64. The summed E-state index contributed by atoms with van der Waals surface area (Å²) in [7, 11) is 0. The minimum Gasteiger partial charge on any atom is -0.383 e. The highest BCUT2D eigenvalue weighted by molar-refractivity contribution is 6.05. The van der Waals surface area contributed by atoms with Crippen LogP contribution in [0.15, 0.2) is 80.2 Å². The lowest BCUT2D eigenvalue weighted by Gasteiger charge is -2.21. The largest absolute Gasteiger partial charge is 0.383 e. The highest BCUT2D eigenvalue weighted by Crippen LogP contribution is 2.31. The van der Waals surface area contributed by atoms with Gasteiger partial charge in [-0.2, -0.15) is 5.10 Å². The van der Waals surface area contributed by atoms with Crippen molar-refractivity contribution in [2.24, 2.45) is 0 Å². The molecule has 0 atom stereocenters. The predicted octanol–water partition coefficient (Wildman–Crippen LogP) is 3.80. The summed E-state index contributed by atoms with van der Waals surface area (Å²) < 4.78 is 16.2. The molecule has 0 aliphatic heterocycles. The van der Waals surface area contributed by atoms with Crippen LogP contribution in [0.1, 0.15) is 10.4 Å². The standard InChI is InChI=1S/C25H21FN6O2/c1-3-20(33)18-11-10-16(14-19(18)26)23-22-24(27)28-15-29-25(22)32(30-23)13-12-31(21(34)4-2)17-8-6-5-7-9-17/h3-11,14-15H,1-2,12-13H2,(H2,27,28,29). The van der Waals surface area contributed by atoms with Gasteiger partial charge in [-0.1, -0.05) is 37.4 Å². The molecule has 0 radical (unpaired) electrons. The first kappa shape index (κ1) is 22.5. The number of carbonyl (C=O) groups excluding carboxylic acids is 2. The monoisotopic (exact) mass is 456 g/mol. The summed E-state index contributed by atoms with van der Waals surface area (Å²) in [5, 5.41) is 5.06. The second-order valence-electron chi connectivity index (χ2n) is 7.32. The van der Waals surface area contributed by atoms with E-state index in [0.717, 1.165) is 6.08 Å². The van der Waals surface area contributed by atoms with E-state index in [4.69, 9.17) is 5.73 Å². The number of nitrogen functional groups attached to an aromatic ring is 1. The Labute approximate surface area is 194 Å². The Morgan fingerprint density at radius 1 is 1.09 bits per heavy atom. The SMILES string of the molecule is C=CC(=O)c1ccc(-c2nn(CCN(C(=O)C=C)c3ccccc3)c3ncnc(N)c23)cc1F. The fourth-order valence-electron chi connectivity index (χ4n) is 3.64. The van der Waals surface area contributed by atoms with Gasteiger partial charge in [-0.25, -0.2) is 19.0 Å². The van der Waals surface area contributed by atoms with Crippen LogP contribution in [0.2, 0.25) is 0 Å². The molecule has 4 rings (SSSR count). The number of hydrogen-bond acceptors (Lipinski definition) is 6. The van der Waals surface area contributed by atoms with Gasteiger partial charge in [0.15, 0.2) is 11.4 Å². The molecule has 2 N–H and O–H groups in total. The van der Waals surface area contributed by atoms with Gasteiger partial charge >= 0.3 is 0 Å². The number of ketones is 1. The van der Waals surface area contributed by atoms with E-state index < -0.39 is 11.6 Å². The fraction of sp³-hybridized carbons (Fsp3) is 0.0800. The van der Waals surface area contributed by atoms with Gasteiger partial charge in [0.05, 0.1) is 17.5 Å². The molecule has 0 spiro atoms. The van der Waals surface area contributed by atoms with Gasteiger partial charge in [-0.3, -0.25) is 9.59 Å². The molecule has 0 bridgehead atoms. The third kappa shape index (κ3) is 4.18. The number of carbonyl (C=O) groups is 2. The summed E-state index contributed by atoms with van der Waals surface area (Å²) in [6.45, 7) is 7.52. The van der Waals surface area contributed by atoms with Crippen LogP contribution >= 0.6 is 0 Å². The number of halogens is 1. The molecule has 0 saturated carbocycles. The van der Waals surface area contributed by atoms with Gasteiger partial charge in [0.25, 0.3) is 0 Å². The molecular weight excluding hydrogens is 435 g/mol. The van der Waals surface area contributed by atoms with Crippen molar-refractivity contribution < 1.29 is 14.0 Å². The first-order valence-corrected chi connectivity index (χ1v) is 10.4. The Kier molecular flexibility index (Phi) is 6.26. The van der Waals surface area contributed by atoms with E-state index >= 15 is 0 Å². The van der Waals surface area contributed by atoms with Crippen LogP contribution in [0.5, 0.6) is 0 Å². The van der Waals surface area contributed by atoms with Crippen LogP contribution in [0.4, 0.5) is 15.9 Å². The smallest absolute Gasteiger partial charge is 0.250 e. The Morgan fingerprint density at radius 3 is 2.53 bits per heavy atom. The molecule has 8 nitrogen and oxygen atoms in total. The maximum Gasteiger partial charge on any atom is 0.250 e. The molecule has 0 saturated heterocycles. The van der Waals surface area contributed by atoms with Gasteiger partial charge in [-0.15, -0.1) is 0 Å². The van der Waals surface area contributed by atoms with E-state index in [1.54, 1.807) is 15.6 Å². The first-order chi connectivity index (χ1) is 16.4. The van der Waals surface area contributed by atoms with Crippen LogP contribution in [0.3, 0.4) is 0 Å². The van der Waals surface area contributed by atoms with Crippen molar-refractivity contribution in [2.75, 3.05) is 17.2 Å². The number of allylic oxidation sites excluding steroid dienone is 1. The molecule has 0 aliphatic rings. The zero-order valence-corrected chi connectivity index (χ0v) is 18.2. The van der Waals surface area contributed by atoms with Crippen molar-refractivity contribution in [3.05, 3.63) is 91.5 Å². The number of fused-ring (bicyclic) bond motifs is 1. The van der Waals surface area contributed by atoms with Crippen molar-refractivity contribution in [1.29, 1.82) is 0 Å². The second-order valence-corrected chi connectivity index (χ2v) is 7.32. The molecule has 9 heteroatoms. The summed E-state index contributed by atoms with van der Waals surface area (Å²) in [5.74, 6) is -1.30. The highest BCUT2D eigenvalue weighted by Gasteiger charge is 2.20. The molecule has 34 heavy (non-hydrogen) atoms. The number of para-hydroxylation sites is 1. The topological polar surface area (TPSA) is 107 Å². The van der Waals surface area contributed by atoms with Crippen LogP contribution in [0, 0.1) is 5.82 Å². The average molecular weight is 456 g/mol. The third-order valence-electron chi connectivity index (χ3n) is 5.30. The molecular formula is C25H21FN6O2. The van der Waals surface area contributed by atoms with E-state index in [-0.39, 0.29) is 30.4 Å². The Morgan fingerprint density at radius 2 is 1.85 bits per heavy atom. The lowest BCUT2D eigenvalue weighted by atomic mass is 10.0. The molecule has 0 unspecified atom stereocenters. The number of nitrogens with zero attached hydrogens (tertiary/aromatic N) is 5. The molecule has 2 aromatic heterocycles. The number of amides is 1. The lowest BCUT2D eigenvalue weighted by molar-refractivity contribution is -0.114. The summed E-state index contributed by atoms with van der Waals surface area (Å²) in [6, 6.07) is 13.3. The van der Waals surface area contributed by atoms with Crippen molar-refractivity contribution in [1.82, 2.24) is 19.7 Å². The number of aromatic nitrogens is 4. The van der Waals surface area contributed by atoms with Gasteiger partial charge in [-0.05, 0) is 36.4 Å². The Hall–Kier alpha value is -4.66. The minimum absolute atomic E-state index is 0.0897. The van der Waals surface area contributed by atoms with Crippen molar-refractivity contribution >= 4 is 34.2 Å².